The van der Waals surface area contributed by atoms with Gasteiger partial charge in [0.25, 0.3) is 0 Å². The van der Waals surface area contributed by atoms with Gasteiger partial charge in [0.2, 0.25) is 0 Å². The third-order valence-corrected chi connectivity index (χ3v) is 3.34. The fourth-order valence-corrected chi connectivity index (χ4v) is 2.28. The zero-order valence-electron chi connectivity index (χ0n) is 11.3. The fraction of sp³-hybridized carbons (Fsp3) is 0.833. The molecule has 1 N–H and O–H groups in total. The normalized spacial score (nSPS) is 19.8. The van der Waals surface area contributed by atoms with Gasteiger partial charge in [0.15, 0.2) is 0 Å². The number of carbonyl (C=O) groups excluding carboxylic acids is 1. The Kier molecular flexibility index (Phi) is 5.64. The van der Waals surface area contributed by atoms with Gasteiger partial charge >= 0.3 is 18.2 Å². The number of hydrogen-bond acceptors (Lipinski definition) is 2. The molecule has 1 heterocycles. The minimum Gasteiger partial charge on any atom is -0.481 e. The molecule has 1 atom stereocenters. The van der Waals surface area contributed by atoms with Crippen LogP contribution >= 0.6 is 0 Å². The maximum absolute atomic E-state index is 12.1. The number of amides is 2. The summed E-state index contributed by atoms with van der Waals surface area (Å²) in [6.07, 6.45) is -3.39. The van der Waals surface area contributed by atoms with Gasteiger partial charge in [-0.1, -0.05) is 0 Å². The van der Waals surface area contributed by atoms with Crippen molar-refractivity contribution in [2.24, 2.45) is 0 Å². The molecule has 1 aliphatic heterocycles. The molecule has 0 spiro atoms. The van der Waals surface area contributed by atoms with Crippen molar-refractivity contribution >= 4 is 12.0 Å². The highest BCUT2D eigenvalue weighted by Crippen LogP contribution is 2.23. The Hall–Kier alpha value is -1.47. The molecule has 0 aromatic rings. The monoisotopic (exact) mass is 296 g/mol. The van der Waals surface area contributed by atoms with Crippen LogP contribution in [0.3, 0.4) is 0 Å². The van der Waals surface area contributed by atoms with Crippen LogP contribution < -0.4 is 0 Å². The van der Waals surface area contributed by atoms with E-state index in [0.29, 0.717) is 13.0 Å². The number of likely N-dealkylation sites (tertiary alicyclic amines) is 1. The van der Waals surface area contributed by atoms with Crippen molar-refractivity contribution in [2.75, 3.05) is 20.1 Å². The maximum atomic E-state index is 12.1. The standard InChI is InChI=1S/C12H19F3N2O3/c1-16(7-5-12(13,14)15)11(20)17-6-3-2-4-9(17)8-10(18)19/h9H,2-8H2,1H3,(H,18,19). The zero-order chi connectivity index (χ0) is 15.3. The van der Waals surface area contributed by atoms with E-state index in [-0.39, 0.29) is 6.42 Å². The van der Waals surface area contributed by atoms with E-state index < -0.39 is 37.2 Å². The second-order valence-electron chi connectivity index (χ2n) is 5.01. The van der Waals surface area contributed by atoms with Gasteiger partial charge in [0.05, 0.1) is 12.8 Å². The summed E-state index contributed by atoms with van der Waals surface area (Å²) in [5.74, 6) is -1.01. The zero-order valence-corrected chi connectivity index (χ0v) is 11.3. The van der Waals surface area contributed by atoms with Crippen molar-refractivity contribution in [3.8, 4) is 0 Å². The van der Waals surface area contributed by atoms with Gasteiger partial charge in [-0.25, -0.2) is 4.79 Å². The number of piperidine rings is 1. The third-order valence-electron chi connectivity index (χ3n) is 3.34. The van der Waals surface area contributed by atoms with E-state index in [2.05, 4.69) is 0 Å². The number of carboxylic acids is 1. The smallest absolute Gasteiger partial charge is 0.390 e. The van der Waals surface area contributed by atoms with E-state index in [0.717, 1.165) is 17.7 Å². The van der Waals surface area contributed by atoms with Crippen LogP contribution in [0.1, 0.15) is 32.1 Å². The van der Waals surface area contributed by atoms with Gasteiger partial charge in [-0.15, -0.1) is 0 Å². The predicted octanol–water partition coefficient (Wildman–Crippen LogP) is 2.32. The molecule has 1 fully saturated rings. The van der Waals surface area contributed by atoms with Crippen LogP contribution in [0, 0.1) is 0 Å². The first-order chi connectivity index (χ1) is 9.20. The summed E-state index contributed by atoms with van der Waals surface area (Å²) in [4.78, 5) is 25.3. The van der Waals surface area contributed by atoms with Gasteiger partial charge in [0.1, 0.15) is 0 Å². The van der Waals surface area contributed by atoms with Crippen LogP contribution in [0.4, 0.5) is 18.0 Å². The number of halogens is 3. The molecule has 0 aliphatic carbocycles. The minimum atomic E-state index is -4.31. The molecule has 0 aromatic carbocycles. The largest absolute Gasteiger partial charge is 0.481 e. The van der Waals surface area contributed by atoms with Crippen molar-refractivity contribution in [2.45, 2.75) is 44.3 Å². The SMILES string of the molecule is CN(CCC(F)(F)F)C(=O)N1CCCCC1CC(=O)O. The highest BCUT2D eigenvalue weighted by molar-refractivity contribution is 5.76. The van der Waals surface area contributed by atoms with E-state index in [9.17, 15) is 22.8 Å². The quantitative estimate of drug-likeness (QED) is 0.866. The van der Waals surface area contributed by atoms with Crippen LogP contribution in [0.5, 0.6) is 0 Å². The molecule has 1 rings (SSSR count). The summed E-state index contributed by atoms with van der Waals surface area (Å²) in [5.41, 5.74) is 0. The van der Waals surface area contributed by atoms with Crippen molar-refractivity contribution in [1.82, 2.24) is 9.80 Å². The predicted molar refractivity (Wildman–Crippen MR) is 65.3 cm³/mol. The molecule has 116 valence electrons. The average Bonchev–Trinajstić information content (AvgIpc) is 2.34. The second-order valence-corrected chi connectivity index (χ2v) is 5.01. The highest BCUT2D eigenvalue weighted by Gasteiger charge is 2.32. The van der Waals surface area contributed by atoms with E-state index in [1.807, 2.05) is 0 Å². The van der Waals surface area contributed by atoms with Crippen LogP contribution in [0.2, 0.25) is 0 Å². The first kappa shape index (κ1) is 16.6. The number of aliphatic carboxylic acids is 1. The first-order valence-electron chi connectivity index (χ1n) is 6.51. The summed E-state index contributed by atoms with van der Waals surface area (Å²) in [5, 5.41) is 8.81. The Morgan fingerprint density at radius 1 is 1.35 bits per heavy atom. The van der Waals surface area contributed by atoms with Crippen molar-refractivity contribution < 1.29 is 27.9 Å². The van der Waals surface area contributed by atoms with Gasteiger partial charge in [-0.05, 0) is 19.3 Å². The van der Waals surface area contributed by atoms with Gasteiger partial charge in [0, 0.05) is 26.2 Å². The van der Waals surface area contributed by atoms with Gasteiger partial charge < -0.3 is 14.9 Å². The summed E-state index contributed by atoms with van der Waals surface area (Å²) >= 11 is 0. The molecule has 20 heavy (non-hydrogen) atoms. The maximum Gasteiger partial charge on any atom is 0.390 e. The lowest BCUT2D eigenvalue weighted by Crippen LogP contribution is -2.50. The molecule has 5 nitrogen and oxygen atoms in total. The third kappa shape index (κ3) is 5.26. The molecular weight excluding hydrogens is 277 g/mol. The molecule has 8 heteroatoms. The van der Waals surface area contributed by atoms with Crippen molar-refractivity contribution in [3.05, 3.63) is 0 Å². The molecule has 0 bridgehead atoms. The molecule has 0 saturated carbocycles. The Morgan fingerprint density at radius 2 is 2.00 bits per heavy atom. The summed E-state index contributed by atoms with van der Waals surface area (Å²) in [7, 11) is 1.31. The van der Waals surface area contributed by atoms with E-state index >= 15 is 0 Å². The number of carboxylic acid groups (broad SMARTS) is 1. The highest BCUT2D eigenvalue weighted by atomic mass is 19.4. The summed E-state index contributed by atoms with van der Waals surface area (Å²) < 4.78 is 36.4. The van der Waals surface area contributed by atoms with Crippen LogP contribution in [0.15, 0.2) is 0 Å². The molecule has 1 unspecified atom stereocenters. The fourth-order valence-electron chi connectivity index (χ4n) is 2.28. The molecule has 2 amide bonds. The minimum absolute atomic E-state index is 0.168. The lowest BCUT2D eigenvalue weighted by atomic mass is 10.00. The first-order valence-corrected chi connectivity index (χ1v) is 6.51. The number of urea groups is 1. The Balaban J connectivity index is 2.60. The van der Waals surface area contributed by atoms with E-state index in [1.54, 1.807) is 0 Å². The van der Waals surface area contributed by atoms with Crippen molar-refractivity contribution in [3.63, 3.8) is 0 Å². The second kappa shape index (κ2) is 6.81. The number of nitrogens with zero attached hydrogens (tertiary/aromatic N) is 2. The van der Waals surface area contributed by atoms with Crippen LogP contribution in [0.25, 0.3) is 0 Å². The summed E-state index contributed by atoms with van der Waals surface area (Å²) in [6.45, 7) is -0.0221. The number of hydrogen-bond donors (Lipinski definition) is 1. The number of carbonyl (C=O) groups is 2. The van der Waals surface area contributed by atoms with Crippen molar-refractivity contribution in [1.29, 1.82) is 0 Å². The van der Waals surface area contributed by atoms with E-state index in [4.69, 9.17) is 5.11 Å². The molecular formula is C12H19F3N2O3. The molecule has 0 radical (unpaired) electrons. The lowest BCUT2D eigenvalue weighted by molar-refractivity contribution is -0.138. The van der Waals surface area contributed by atoms with Crippen LogP contribution in [-0.2, 0) is 4.79 Å². The van der Waals surface area contributed by atoms with Gasteiger partial charge in [-0.3, -0.25) is 4.79 Å². The number of rotatable bonds is 4. The topological polar surface area (TPSA) is 60.9 Å². The molecule has 0 aromatic heterocycles. The average molecular weight is 296 g/mol. The molecule has 1 aliphatic rings. The Labute approximate surface area is 115 Å². The van der Waals surface area contributed by atoms with E-state index in [1.165, 1.54) is 11.9 Å². The summed E-state index contributed by atoms with van der Waals surface area (Å²) in [6, 6.07) is -0.956. The molecule has 1 saturated heterocycles. The lowest BCUT2D eigenvalue weighted by Gasteiger charge is -2.37. The van der Waals surface area contributed by atoms with Crippen LogP contribution in [-0.4, -0.2) is 59.3 Å². The van der Waals surface area contributed by atoms with Gasteiger partial charge in [-0.2, -0.15) is 13.2 Å². The Bertz CT molecular complexity index is 360. The number of alkyl halides is 3. The Morgan fingerprint density at radius 3 is 2.55 bits per heavy atom.